The number of hydrogen-bond donors (Lipinski definition) is 3. The number of H-pyrrole nitrogens is 1. The molecule has 0 saturated carbocycles. The van der Waals surface area contributed by atoms with Crippen LogP contribution in [0.3, 0.4) is 0 Å². The van der Waals surface area contributed by atoms with Crippen molar-refractivity contribution < 1.29 is 15.0 Å². The molecule has 3 N–H and O–H groups in total. The normalized spacial score (nSPS) is 10.1. The zero-order chi connectivity index (χ0) is 12.4. The number of aromatic amines is 1. The summed E-state index contributed by atoms with van der Waals surface area (Å²) in [6.45, 7) is 0. The largest absolute Gasteiger partial charge is 0.508 e. The van der Waals surface area contributed by atoms with Crippen LogP contribution in [0.5, 0.6) is 5.75 Å². The van der Waals surface area contributed by atoms with Gasteiger partial charge in [0.25, 0.3) is 0 Å². The first-order valence-corrected chi connectivity index (χ1v) is 4.83. The molecule has 0 aliphatic rings. The van der Waals surface area contributed by atoms with Crippen molar-refractivity contribution in [2.45, 2.75) is 0 Å². The van der Waals surface area contributed by atoms with Crippen molar-refractivity contribution in [3.8, 4) is 16.9 Å². The van der Waals surface area contributed by atoms with Gasteiger partial charge in [-0.15, -0.1) is 0 Å². The summed E-state index contributed by atoms with van der Waals surface area (Å²) in [6, 6.07) is 7.18. The number of carbonyl (C=O) groups is 1. The van der Waals surface area contributed by atoms with Crippen molar-refractivity contribution in [1.82, 2.24) is 4.98 Å². The monoisotopic (exact) mass is 231 g/mol. The Labute approximate surface area is 96.0 Å². The van der Waals surface area contributed by atoms with E-state index in [1.807, 2.05) is 0 Å². The molecule has 17 heavy (non-hydrogen) atoms. The predicted octanol–water partition coefficient (Wildman–Crippen LogP) is 1.45. The summed E-state index contributed by atoms with van der Waals surface area (Å²) >= 11 is 0. The van der Waals surface area contributed by atoms with Gasteiger partial charge in [-0.05, 0) is 17.7 Å². The SMILES string of the molecule is O=C(O)c1cc(=O)[nH]cc1-c1cccc(O)c1. The average Bonchev–Trinajstić information content (AvgIpc) is 2.28. The molecule has 1 aromatic heterocycles. The quantitative estimate of drug-likeness (QED) is 0.729. The second-order valence-electron chi connectivity index (χ2n) is 3.48. The zero-order valence-corrected chi connectivity index (χ0v) is 8.68. The highest BCUT2D eigenvalue weighted by molar-refractivity contribution is 5.95. The molecule has 5 heteroatoms. The first kappa shape index (κ1) is 10.9. The lowest BCUT2D eigenvalue weighted by Crippen LogP contribution is -2.10. The number of nitrogens with one attached hydrogen (secondary N) is 1. The van der Waals surface area contributed by atoms with E-state index >= 15 is 0 Å². The van der Waals surface area contributed by atoms with Crippen LogP contribution >= 0.6 is 0 Å². The van der Waals surface area contributed by atoms with Gasteiger partial charge in [-0.25, -0.2) is 4.79 Å². The molecular formula is C12H9NO4. The molecule has 0 bridgehead atoms. The second kappa shape index (κ2) is 4.13. The van der Waals surface area contributed by atoms with Crippen molar-refractivity contribution in [1.29, 1.82) is 0 Å². The number of aromatic carboxylic acids is 1. The Morgan fingerprint density at radius 3 is 2.65 bits per heavy atom. The number of hydrogen-bond acceptors (Lipinski definition) is 3. The van der Waals surface area contributed by atoms with E-state index in [9.17, 15) is 14.7 Å². The van der Waals surface area contributed by atoms with Crippen molar-refractivity contribution >= 4 is 5.97 Å². The number of carboxylic acid groups (broad SMARTS) is 1. The molecule has 86 valence electrons. The van der Waals surface area contributed by atoms with Gasteiger partial charge in [0, 0.05) is 17.8 Å². The minimum atomic E-state index is -1.19. The van der Waals surface area contributed by atoms with Crippen molar-refractivity contribution in [2.24, 2.45) is 0 Å². The number of phenolic OH excluding ortho intramolecular Hbond substituents is 1. The fourth-order valence-electron chi connectivity index (χ4n) is 1.56. The topological polar surface area (TPSA) is 90.4 Å². The van der Waals surface area contributed by atoms with Crippen molar-refractivity contribution in [2.75, 3.05) is 0 Å². The molecule has 1 aromatic carbocycles. The summed E-state index contributed by atoms with van der Waals surface area (Å²) in [6.07, 6.45) is 1.32. The van der Waals surface area contributed by atoms with Gasteiger partial charge in [0.1, 0.15) is 5.75 Å². The van der Waals surface area contributed by atoms with Gasteiger partial charge in [-0.2, -0.15) is 0 Å². The highest BCUT2D eigenvalue weighted by Gasteiger charge is 2.12. The number of rotatable bonds is 2. The average molecular weight is 231 g/mol. The third-order valence-corrected chi connectivity index (χ3v) is 2.31. The van der Waals surface area contributed by atoms with Crippen LogP contribution in [0.25, 0.3) is 11.1 Å². The van der Waals surface area contributed by atoms with Gasteiger partial charge < -0.3 is 15.2 Å². The summed E-state index contributed by atoms with van der Waals surface area (Å²) in [5.74, 6) is -1.15. The van der Waals surface area contributed by atoms with E-state index in [1.54, 1.807) is 12.1 Å². The molecule has 2 aromatic rings. The second-order valence-corrected chi connectivity index (χ2v) is 3.48. The maximum atomic E-state index is 11.1. The number of aromatic hydroxyl groups is 1. The Morgan fingerprint density at radius 1 is 1.24 bits per heavy atom. The molecule has 2 rings (SSSR count). The molecule has 0 aliphatic carbocycles. The lowest BCUT2D eigenvalue weighted by molar-refractivity contribution is 0.0697. The van der Waals surface area contributed by atoms with Crippen LogP contribution in [-0.4, -0.2) is 21.2 Å². The molecule has 0 atom stereocenters. The van der Waals surface area contributed by atoms with E-state index in [0.29, 0.717) is 11.1 Å². The molecule has 0 radical (unpaired) electrons. The van der Waals surface area contributed by atoms with Gasteiger partial charge in [0.2, 0.25) is 5.56 Å². The van der Waals surface area contributed by atoms with Gasteiger partial charge >= 0.3 is 5.97 Å². The maximum absolute atomic E-state index is 11.1. The summed E-state index contributed by atoms with van der Waals surface area (Å²) < 4.78 is 0. The molecule has 0 fully saturated rings. The Bertz CT molecular complexity index is 630. The first-order chi connectivity index (χ1) is 8.08. The predicted molar refractivity (Wildman–Crippen MR) is 61.1 cm³/mol. The van der Waals surface area contributed by atoms with Crippen LogP contribution in [0.4, 0.5) is 0 Å². The lowest BCUT2D eigenvalue weighted by Gasteiger charge is -2.05. The third-order valence-electron chi connectivity index (χ3n) is 2.31. The minimum absolute atomic E-state index is 0.0324. The van der Waals surface area contributed by atoms with Gasteiger partial charge in [-0.3, -0.25) is 4.79 Å². The Balaban J connectivity index is 2.67. The molecular weight excluding hydrogens is 222 g/mol. The molecule has 0 unspecified atom stereocenters. The highest BCUT2D eigenvalue weighted by atomic mass is 16.4. The van der Waals surface area contributed by atoms with Crippen LogP contribution in [0.2, 0.25) is 0 Å². The zero-order valence-electron chi connectivity index (χ0n) is 8.68. The molecule has 0 saturated heterocycles. The fraction of sp³-hybridized carbons (Fsp3) is 0. The summed E-state index contributed by atoms with van der Waals surface area (Å²) in [7, 11) is 0. The van der Waals surface area contributed by atoms with E-state index < -0.39 is 11.5 Å². The molecule has 5 nitrogen and oxygen atoms in total. The van der Waals surface area contributed by atoms with Crippen LogP contribution in [0.1, 0.15) is 10.4 Å². The summed E-state index contributed by atoms with van der Waals surface area (Å²) in [4.78, 5) is 24.5. The minimum Gasteiger partial charge on any atom is -0.508 e. The number of aromatic nitrogens is 1. The van der Waals surface area contributed by atoms with E-state index in [4.69, 9.17) is 5.11 Å². The Hall–Kier alpha value is -2.56. The number of phenols is 1. The van der Waals surface area contributed by atoms with E-state index in [2.05, 4.69) is 4.98 Å². The number of benzene rings is 1. The van der Waals surface area contributed by atoms with Gasteiger partial charge in [0.05, 0.1) is 5.56 Å². The molecule has 1 heterocycles. The summed E-state index contributed by atoms with van der Waals surface area (Å²) in [5.41, 5.74) is 0.303. The third kappa shape index (κ3) is 2.17. The smallest absolute Gasteiger partial charge is 0.336 e. The lowest BCUT2D eigenvalue weighted by atomic mass is 10.0. The Kier molecular flexibility index (Phi) is 2.66. The van der Waals surface area contributed by atoms with E-state index in [1.165, 1.54) is 18.3 Å². The highest BCUT2D eigenvalue weighted by Crippen LogP contribution is 2.24. The van der Waals surface area contributed by atoms with Gasteiger partial charge in [-0.1, -0.05) is 12.1 Å². The van der Waals surface area contributed by atoms with Crippen LogP contribution in [-0.2, 0) is 0 Å². The fourth-order valence-corrected chi connectivity index (χ4v) is 1.56. The molecule has 0 aliphatic heterocycles. The standard InChI is InChI=1S/C12H9NO4/c14-8-3-1-2-7(4-8)10-6-13-11(15)5-9(10)12(16)17/h1-6,14H,(H,13,15)(H,16,17). The van der Waals surface area contributed by atoms with Crippen molar-refractivity contribution in [3.05, 3.63) is 52.4 Å². The number of pyridine rings is 1. The van der Waals surface area contributed by atoms with Crippen LogP contribution in [0.15, 0.2) is 41.3 Å². The Morgan fingerprint density at radius 2 is 2.00 bits per heavy atom. The number of carboxylic acids is 1. The van der Waals surface area contributed by atoms with Crippen molar-refractivity contribution in [3.63, 3.8) is 0 Å². The molecule has 0 amide bonds. The van der Waals surface area contributed by atoms with E-state index in [-0.39, 0.29) is 11.3 Å². The van der Waals surface area contributed by atoms with Crippen LogP contribution in [0, 0.1) is 0 Å². The molecule has 0 spiro atoms. The summed E-state index contributed by atoms with van der Waals surface area (Å²) in [5, 5.41) is 18.3. The maximum Gasteiger partial charge on any atom is 0.336 e. The van der Waals surface area contributed by atoms with Crippen LogP contribution < -0.4 is 5.56 Å². The van der Waals surface area contributed by atoms with Gasteiger partial charge in [0.15, 0.2) is 0 Å². The first-order valence-electron chi connectivity index (χ1n) is 4.83. The van der Waals surface area contributed by atoms with E-state index in [0.717, 1.165) is 6.07 Å².